The fourth-order valence-electron chi connectivity index (χ4n) is 0.777. The van der Waals surface area contributed by atoms with Crippen molar-refractivity contribution in [2.45, 2.75) is 39.7 Å². The highest BCUT2D eigenvalue weighted by atomic mass is 16.1. The Morgan fingerprint density at radius 1 is 1.50 bits per heavy atom. The molecule has 0 rings (SSSR count). The predicted molar refractivity (Wildman–Crippen MR) is 42.5 cm³/mol. The van der Waals surface area contributed by atoms with Gasteiger partial charge in [-0.15, -0.1) is 0 Å². The number of amides is 1. The maximum absolute atomic E-state index is 10.8. The van der Waals surface area contributed by atoms with Crippen LogP contribution in [0.3, 0.4) is 0 Å². The molecule has 0 aromatic rings. The van der Waals surface area contributed by atoms with Gasteiger partial charge in [0.2, 0.25) is 5.91 Å². The van der Waals surface area contributed by atoms with Gasteiger partial charge in [0.1, 0.15) is 0 Å². The summed E-state index contributed by atoms with van der Waals surface area (Å²) < 4.78 is 0. The molecule has 0 aliphatic heterocycles. The molecule has 0 atom stereocenters. The molecule has 0 aliphatic carbocycles. The van der Waals surface area contributed by atoms with E-state index in [2.05, 4.69) is 19.2 Å². The van der Waals surface area contributed by atoms with E-state index in [1.54, 1.807) is 13.3 Å². The maximum Gasteiger partial charge on any atom is 0.223 e. The van der Waals surface area contributed by atoms with Gasteiger partial charge >= 0.3 is 0 Å². The molecule has 1 amide bonds. The van der Waals surface area contributed by atoms with Crippen LogP contribution < -0.4 is 5.32 Å². The van der Waals surface area contributed by atoms with E-state index in [0.29, 0.717) is 6.04 Å². The van der Waals surface area contributed by atoms with Crippen LogP contribution in [0.2, 0.25) is 0 Å². The normalized spacial score (nSPS) is 10.0. The minimum absolute atomic E-state index is 0.0358. The Bertz CT molecular complexity index is 97.4. The molecule has 0 saturated heterocycles. The van der Waals surface area contributed by atoms with E-state index in [9.17, 15) is 4.79 Å². The average Bonchev–Trinajstić information content (AvgIpc) is 1.99. The lowest BCUT2D eigenvalue weighted by Crippen LogP contribution is -2.33. The molecule has 0 aromatic carbocycles. The van der Waals surface area contributed by atoms with Crippen LogP contribution in [-0.2, 0) is 4.79 Å². The molecule has 2 heteroatoms. The molecule has 0 unspecified atom stereocenters. The third-order valence-electron chi connectivity index (χ3n) is 1.59. The Kier molecular flexibility index (Phi) is 4.99. The molecule has 0 spiro atoms. The summed E-state index contributed by atoms with van der Waals surface area (Å²) in [5.74, 6) is 0.0358. The monoisotopic (exact) mass is 142 g/mol. The van der Waals surface area contributed by atoms with Crippen molar-refractivity contribution in [3.05, 3.63) is 6.42 Å². The summed E-state index contributed by atoms with van der Waals surface area (Å²) in [7, 11) is 0. The van der Waals surface area contributed by atoms with Gasteiger partial charge in [-0.25, -0.2) is 0 Å². The minimum Gasteiger partial charge on any atom is -0.353 e. The zero-order valence-electron chi connectivity index (χ0n) is 6.98. The number of nitrogens with one attached hydrogen (secondary N) is 1. The lowest BCUT2D eigenvalue weighted by Gasteiger charge is -2.12. The summed E-state index contributed by atoms with van der Waals surface area (Å²) in [4.78, 5) is 10.8. The van der Waals surface area contributed by atoms with Crippen molar-refractivity contribution < 1.29 is 4.79 Å². The van der Waals surface area contributed by atoms with Crippen molar-refractivity contribution in [2.24, 2.45) is 0 Å². The zero-order chi connectivity index (χ0) is 7.98. The van der Waals surface area contributed by atoms with Crippen molar-refractivity contribution in [1.82, 2.24) is 5.32 Å². The van der Waals surface area contributed by atoms with Crippen LogP contribution in [0.4, 0.5) is 0 Å². The Balaban J connectivity index is 3.52. The first-order valence-electron chi connectivity index (χ1n) is 3.84. The molecule has 10 heavy (non-hydrogen) atoms. The molecule has 0 heterocycles. The summed E-state index contributed by atoms with van der Waals surface area (Å²) in [5, 5.41) is 2.87. The molecule has 59 valence electrons. The first kappa shape index (κ1) is 9.47. The minimum atomic E-state index is 0.0358. The van der Waals surface area contributed by atoms with E-state index < -0.39 is 0 Å². The van der Waals surface area contributed by atoms with Crippen LogP contribution in [0, 0.1) is 6.42 Å². The van der Waals surface area contributed by atoms with Crippen molar-refractivity contribution in [3.8, 4) is 0 Å². The SMILES string of the molecule is C[CH]C(=O)NC(CC)CC. The lowest BCUT2D eigenvalue weighted by atomic mass is 10.2. The molecule has 1 radical (unpaired) electrons. The third kappa shape index (κ3) is 3.49. The molecule has 0 bridgehead atoms. The third-order valence-corrected chi connectivity index (χ3v) is 1.59. The molecular weight excluding hydrogens is 126 g/mol. The number of hydrogen-bond acceptors (Lipinski definition) is 1. The van der Waals surface area contributed by atoms with E-state index in [4.69, 9.17) is 0 Å². The first-order valence-corrected chi connectivity index (χ1v) is 3.84. The predicted octanol–water partition coefficient (Wildman–Crippen LogP) is 1.52. The molecular formula is C8H16NO. The Morgan fingerprint density at radius 3 is 2.30 bits per heavy atom. The second kappa shape index (κ2) is 5.27. The molecule has 0 aromatic heterocycles. The van der Waals surface area contributed by atoms with Gasteiger partial charge in [0.05, 0.1) is 0 Å². The summed E-state index contributed by atoms with van der Waals surface area (Å²) in [5.41, 5.74) is 0. The average molecular weight is 142 g/mol. The second-order valence-corrected chi connectivity index (χ2v) is 2.31. The van der Waals surface area contributed by atoms with Crippen LogP contribution in [0.5, 0.6) is 0 Å². The van der Waals surface area contributed by atoms with E-state index in [1.807, 2.05) is 0 Å². The zero-order valence-corrected chi connectivity index (χ0v) is 6.98. The fourth-order valence-corrected chi connectivity index (χ4v) is 0.777. The largest absolute Gasteiger partial charge is 0.353 e. The van der Waals surface area contributed by atoms with Gasteiger partial charge in [0, 0.05) is 12.5 Å². The lowest BCUT2D eigenvalue weighted by molar-refractivity contribution is -0.118. The van der Waals surface area contributed by atoms with Gasteiger partial charge in [-0.2, -0.15) is 0 Å². The van der Waals surface area contributed by atoms with E-state index in [0.717, 1.165) is 12.8 Å². The van der Waals surface area contributed by atoms with Crippen LogP contribution in [0.1, 0.15) is 33.6 Å². The Morgan fingerprint density at radius 2 is 2.00 bits per heavy atom. The van der Waals surface area contributed by atoms with Gasteiger partial charge in [0.15, 0.2) is 0 Å². The van der Waals surface area contributed by atoms with E-state index in [-0.39, 0.29) is 5.91 Å². The van der Waals surface area contributed by atoms with Gasteiger partial charge < -0.3 is 5.32 Å². The quantitative estimate of drug-likeness (QED) is 0.633. The molecule has 2 nitrogen and oxygen atoms in total. The standard InChI is InChI=1S/C8H16NO/c1-4-7(5-2)9-8(10)6-3/h6-7H,4-5H2,1-3H3,(H,9,10). The van der Waals surface area contributed by atoms with Crippen molar-refractivity contribution in [1.29, 1.82) is 0 Å². The first-order chi connectivity index (χ1) is 4.74. The van der Waals surface area contributed by atoms with Crippen molar-refractivity contribution in [3.63, 3.8) is 0 Å². The molecule has 0 aliphatic rings. The maximum atomic E-state index is 10.8. The van der Waals surface area contributed by atoms with Gasteiger partial charge in [-0.05, 0) is 12.8 Å². The van der Waals surface area contributed by atoms with E-state index >= 15 is 0 Å². The number of carbonyl (C=O) groups is 1. The van der Waals surface area contributed by atoms with Gasteiger partial charge in [0.25, 0.3) is 0 Å². The van der Waals surface area contributed by atoms with Crippen LogP contribution in [-0.4, -0.2) is 11.9 Å². The fraction of sp³-hybridized carbons (Fsp3) is 0.750. The summed E-state index contributed by atoms with van der Waals surface area (Å²) in [6.07, 6.45) is 3.57. The second-order valence-electron chi connectivity index (χ2n) is 2.31. The highest BCUT2D eigenvalue weighted by Crippen LogP contribution is 1.95. The van der Waals surface area contributed by atoms with Gasteiger partial charge in [-0.3, -0.25) is 4.79 Å². The molecule has 0 fully saturated rings. The summed E-state index contributed by atoms with van der Waals surface area (Å²) >= 11 is 0. The van der Waals surface area contributed by atoms with E-state index in [1.165, 1.54) is 0 Å². The molecule has 0 saturated carbocycles. The smallest absolute Gasteiger partial charge is 0.223 e. The van der Waals surface area contributed by atoms with Crippen LogP contribution >= 0.6 is 0 Å². The number of rotatable bonds is 4. The highest BCUT2D eigenvalue weighted by Gasteiger charge is 2.04. The topological polar surface area (TPSA) is 29.1 Å². The van der Waals surface area contributed by atoms with Crippen molar-refractivity contribution in [2.75, 3.05) is 0 Å². The summed E-state index contributed by atoms with van der Waals surface area (Å²) in [6.45, 7) is 5.89. The summed E-state index contributed by atoms with van der Waals surface area (Å²) in [6, 6.07) is 0.351. The van der Waals surface area contributed by atoms with Crippen LogP contribution in [0.15, 0.2) is 0 Å². The Hall–Kier alpha value is -0.530. The molecule has 1 N–H and O–H groups in total. The number of hydrogen-bond donors (Lipinski definition) is 1. The van der Waals surface area contributed by atoms with Crippen LogP contribution in [0.25, 0.3) is 0 Å². The number of carbonyl (C=O) groups excluding carboxylic acids is 1. The van der Waals surface area contributed by atoms with Crippen molar-refractivity contribution >= 4 is 5.91 Å². The van der Waals surface area contributed by atoms with Gasteiger partial charge in [-0.1, -0.05) is 20.8 Å². The Labute approximate surface area is 63.0 Å². The highest BCUT2D eigenvalue weighted by molar-refractivity contribution is 5.84.